The topological polar surface area (TPSA) is 54.0 Å². The summed E-state index contributed by atoms with van der Waals surface area (Å²) in [6.07, 6.45) is 0. The number of aliphatic hydroxyl groups is 1. The number of ether oxygens (including phenoxy) is 2. The van der Waals surface area contributed by atoms with Gasteiger partial charge in [0, 0.05) is 44.2 Å². The number of hydrogen-bond acceptors (Lipinski definition) is 5. The first-order chi connectivity index (χ1) is 11.0. The van der Waals surface area contributed by atoms with E-state index in [2.05, 4.69) is 36.2 Å². The summed E-state index contributed by atoms with van der Waals surface area (Å²) in [6, 6.07) is 6.26. The van der Waals surface area contributed by atoms with Crippen LogP contribution in [0.1, 0.15) is 32.4 Å². The first-order valence-electron chi connectivity index (χ1n) is 8.40. The molecule has 138 valence electrons. The maximum absolute atomic E-state index is 9.92. The van der Waals surface area contributed by atoms with Crippen LogP contribution in [-0.2, 0) is 0 Å². The van der Waals surface area contributed by atoms with E-state index in [9.17, 15) is 5.11 Å². The van der Waals surface area contributed by atoms with Gasteiger partial charge in [0.25, 0.3) is 0 Å². The van der Waals surface area contributed by atoms with Crippen molar-refractivity contribution in [3.05, 3.63) is 23.8 Å². The molecule has 6 heteroatoms. The lowest BCUT2D eigenvalue weighted by Crippen LogP contribution is -2.49. The van der Waals surface area contributed by atoms with Gasteiger partial charge in [0.1, 0.15) is 0 Å². The van der Waals surface area contributed by atoms with E-state index in [1.807, 2.05) is 13.0 Å². The van der Waals surface area contributed by atoms with E-state index >= 15 is 0 Å². The number of piperazine rings is 1. The lowest BCUT2D eigenvalue weighted by atomic mass is 9.79. The van der Waals surface area contributed by atoms with Gasteiger partial charge in [-0.25, -0.2) is 0 Å². The van der Waals surface area contributed by atoms with E-state index in [-0.39, 0.29) is 30.5 Å². The summed E-state index contributed by atoms with van der Waals surface area (Å²) in [7, 11) is 1.67. The first kappa shape index (κ1) is 21.0. The zero-order chi connectivity index (χ0) is 16.9. The summed E-state index contributed by atoms with van der Waals surface area (Å²) < 4.78 is 11.1. The molecule has 1 aromatic rings. The molecule has 0 aliphatic carbocycles. The molecule has 0 unspecified atom stereocenters. The molecule has 1 aliphatic rings. The number of hydrogen-bond donors (Lipinski definition) is 2. The van der Waals surface area contributed by atoms with Crippen LogP contribution in [-0.4, -0.2) is 56.5 Å². The van der Waals surface area contributed by atoms with E-state index in [0.717, 1.165) is 43.2 Å². The molecule has 0 amide bonds. The number of benzene rings is 1. The fourth-order valence-electron chi connectivity index (χ4n) is 3.31. The Labute approximate surface area is 151 Å². The Hall–Kier alpha value is -1.01. The lowest BCUT2D eigenvalue weighted by Gasteiger charge is -2.43. The Kier molecular flexibility index (Phi) is 8.30. The molecule has 1 fully saturated rings. The number of nitrogens with one attached hydrogen (secondary N) is 1. The molecule has 1 atom stereocenters. The molecule has 1 aliphatic heterocycles. The maximum atomic E-state index is 9.92. The van der Waals surface area contributed by atoms with Gasteiger partial charge in [0.15, 0.2) is 11.5 Å². The normalized spacial score (nSPS) is 17.0. The second-order valence-electron chi connectivity index (χ2n) is 6.68. The molecular formula is C18H31ClN2O3. The van der Waals surface area contributed by atoms with Crippen molar-refractivity contribution in [1.82, 2.24) is 10.2 Å². The zero-order valence-corrected chi connectivity index (χ0v) is 16.0. The zero-order valence-electron chi connectivity index (χ0n) is 15.2. The number of halogens is 1. The summed E-state index contributed by atoms with van der Waals surface area (Å²) >= 11 is 0. The van der Waals surface area contributed by atoms with Gasteiger partial charge in [-0.05, 0) is 24.6 Å². The minimum absolute atomic E-state index is 0. The number of nitrogens with zero attached hydrogens (tertiary/aromatic N) is 1. The van der Waals surface area contributed by atoms with Crippen molar-refractivity contribution in [2.75, 3.05) is 46.5 Å². The third-order valence-corrected chi connectivity index (χ3v) is 4.47. The van der Waals surface area contributed by atoms with E-state index < -0.39 is 0 Å². The van der Waals surface area contributed by atoms with Crippen molar-refractivity contribution < 1.29 is 14.6 Å². The van der Waals surface area contributed by atoms with Crippen LogP contribution in [0, 0.1) is 5.41 Å². The van der Waals surface area contributed by atoms with E-state index in [1.54, 1.807) is 7.11 Å². The van der Waals surface area contributed by atoms with Crippen LogP contribution in [0.25, 0.3) is 0 Å². The fourth-order valence-corrected chi connectivity index (χ4v) is 3.31. The van der Waals surface area contributed by atoms with Crippen molar-refractivity contribution in [3.8, 4) is 11.5 Å². The summed E-state index contributed by atoms with van der Waals surface area (Å²) in [5, 5.41) is 13.3. The number of aliphatic hydroxyl groups excluding tert-OH is 1. The van der Waals surface area contributed by atoms with Gasteiger partial charge < -0.3 is 19.9 Å². The second-order valence-corrected chi connectivity index (χ2v) is 6.68. The largest absolute Gasteiger partial charge is 0.493 e. The molecular weight excluding hydrogens is 328 g/mol. The Morgan fingerprint density at radius 1 is 1.25 bits per heavy atom. The highest BCUT2D eigenvalue weighted by molar-refractivity contribution is 5.85. The fraction of sp³-hybridized carbons (Fsp3) is 0.667. The number of rotatable bonds is 7. The van der Waals surface area contributed by atoms with Crippen molar-refractivity contribution in [3.63, 3.8) is 0 Å². The molecule has 0 bridgehead atoms. The Morgan fingerprint density at radius 2 is 1.92 bits per heavy atom. The highest BCUT2D eigenvalue weighted by Gasteiger charge is 2.36. The van der Waals surface area contributed by atoms with Gasteiger partial charge in [-0.3, -0.25) is 4.90 Å². The van der Waals surface area contributed by atoms with Crippen LogP contribution in [0.5, 0.6) is 11.5 Å². The molecule has 1 aromatic carbocycles. The van der Waals surface area contributed by atoms with Crippen LogP contribution in [0.3, 0.4) is 0 Å². The predicted octanol–water partition coefficient (Wildman–Crippen LogP) is 2.48. The quantitative estimate of drug-likeness (QED) is 0.784. The van der Waals surface area contributed by atoms with Gasteiger partial charge in [-0.15, -0.1) is 12.4 Å². The lowest BCUT2D eigenvalue weighted by molar-refractivity contribution is 0.0304. The molecule has 1 saturated heterocycles. The minimum atomic E-state index is -0.241. The monoisotopic (exact) mass is 358 g/mol. The summed E-state index contributed by atoms with van der Waals surface area (Å²) in [5.41, 5.74) is 0.918. The molecule has 0 spiro atoms. The Morgan fingerprint density at radius 3 is 2.46 bits per heavy atom. The van der Waals surface area contributed by atoms with Crippen molar-refractivity contribution in [2.24, 2.45) is 5.41 Å². The average Bonchev–Trinajstić information content (AvgIpc) is 2.57. The summed E-state index contributed by atoms with van der Waals surface area (Å²) in [4.78, 5) is 2.45. The first-order valence-corrected chi connectivity index (χ1v) is 8.40. The maximum Gasteiger partial charge on any atom is 0.161 e. The van der Waals surface area contributed by atoms with Crippen molar-refractivity contribution in [2.45, 2.75) is 26.8 Å². The molecule has 2 rings (SSSR count). The van der Waals surface area contributed by atoms with Crippen LogP contribution >= 0.6 is 12.4 Å². The smallest absolute Gasteiger partial charge is 0.161 e. The minimum Gasteiger partial charge on any atom is -0.493 e. The summed E-state index contributed by atoms with van der Waals surface area (Å²) in [5.74, 6) is 1.51. The predicted molar refractivity (Wildman–Crippen MR) is 99.5 cm³/mol. The van der Waals surface area contributed by atoms with Gasteiger partial charge in [-0.1, -0.05) is 19.9 Å². The van der Waals surface area contributed by atoms with E-state index in [0.29, 0.717) is 6.61 Å². The SMILES string of the molecule is CCOc1ccc([C@@H](N2CCNCC2)C(C)(C)CO)cc1OC.Cl. The Bertz CT molecular complexity index is 505. The van der Waals surface area contributed by atoms with E-state index in [4.69, 9.17) is 9.47 Å². The van der Waals surface area contributed by atoms with Gasteiger partial charge >= 0.3 is 0 Å². The summed E-state index contributed by atoms with van der Waals surface area (Å²) in [6.45, 7) is 10.8. The van der Waals surface area contributed by atoms with Gasteiger partial charge in [0.2, 0.25) is 0 Å². The third kappa shape index (κ3) is 4.76. The molecule has 0 aromatic heterocycles. The highest BCUT2D eigenvalue weighted by Crippen LogP contribution is 2.41. The Balaban J connectivity index is 0.00000288. The second kappa shape index (κ2) is 9.47. The molecule has 0 radical (unpaired) electrons. The number of methoxy groups -OCH3 is 1. The van der Waals surface area contributed by atoms with E-state index in [1.165, 1.54) is 0 Å². The molecule has 0 saturated carbocycles. The average molecular weight is 359 g/mol. The van der Waals surface area contributed by atoms with Crippen LogP contribution in [0.2, 0.25) is 0 Å². The van der Waals surface area contributed by atoms with Gasteiger partial charge in [-0.2, -0.15) is 0 Å². The molecule has 1 heterocycles. The molecule has 5 nitrogen and oxygen atoms in total. The van der Waals surface area contributed by atoms with Crippen LogP contribution in [0.15, 0.2) is 18.2 Å². The van der Waals surface area contributed by atoms with Crippen LogP contribution in [0.4, 0.5) is 0 Å². The molecule has 2 N–H and O–H groups in total. The highest BCUT2D eigenvalue weighted by atomic mass is 35.5. The van der Waals surface area contributed by atoms with Crippen molar-refractivity contribution >= 4 is 12.4 Å². The van der Waals surface area contributed by atoms with Gasteiger partial charge in [0.05, 0.1) is 13.7 Å². The van der Waals surface area contributed by atoms with Crippen LogP contribution < -0.4 is 14.8 Å². The van der Waals surface area contributed by atoms with Crippen molar-refractivity contribution in [1.29, 1.82) is 0 Å². The standard InChI is InChI=1S/C18H30N2O3.ClH/c1-5-23-15-7-6-14(12-16(15)22-4)17(18(2,3)13-21)20-10-8-19-9-11-20;/h6-7,12,17,19,21H,5,8-11,13H2,1-4H3;1H/t17-;/m1./s1. The molecule has 24 heavy (non-hydrogen) atoms. The third-order valence-electron chi connectivity index (χ3n) is 4.47.